The number of phenolic OH excluding ortho intramolecular Hbond substituents is 1. The van der Waals surface area contributed by atoms with Crippen molar-refractivity contribution in [3.8, 4) is 5.75 Å². The molecule has 2 N–H and O–H groups in total. The summed E-state index contributed by atoms with van der Waals surface area (Å²) in [5.74, 6) is 0.242. The van der Waals surface area contributed by atoms with Gasteiger partial charge in [-0.05, 0) is 59.2 Å². The van der Waals surface area contributed by atoms with Crippen molar-refractivity contribution >= 4 is 34.1 Å². The van der Waals surface area contributed by atoms with Crippen molar-refractivity contribution in [1.29, 1.82) is 0 Å². The third-order valence-electron chi connectivity index (χ3n) is 4.15. The van der Waals surface area contributed by atoms with Crippen molar-refractivity contribution in [1.82, 2.24) is 5.32 Å². The number of nitrogens with one attached hydrogen (secondary N) is 1. The van der Waals surface area contributed by atoms with Crippen LogP contribution < -0.4 is 10.2 Å². The summed E-state index contributed by atoms with van der Waals surface area (Å²) in [6, 6.07) is 18.3. The fourth-order valence-corrected chi connectivity index (χ4v) is 2.87. The molecule has 0 unspecified atom stereocenters. The molecule has 0 aromatic heterocycles. The molecule has 0 radical (unpaired) electrons. The first kappa shape index (κ1) is 17.1. The average molecular weight is 355 g/mol. The van der Waals surface area contributed by atoms with Gasteiger partial charge in [0.25, 0.3) is 0 Å². The van der Waals surface area contributed by atoms with E-state index in [9.17, 15) is 9.90 Å². The Kier molecular flexibility index (Phi) is 5.10. The number of hydrogen-bond donors (Lipinski definition) is 2. The number of hydrogen-bond acceptors (Lipinski definition) is 2. The standard InChI is InChI=1S/C20H19ClN2O2/c1-23(17-8-6-16(21)7-9-17)20(25)22-12-11-15-4-2-3-14-5-10-18(24)13-19(14)15/h2-10,13,24H,11-12H2,1H3,(H,22,25). The second-order valence-electron chi connectivity index (χ2n) is 5.84. The van der Waals surface area contributed by atoms with Crippen LogP contribution in [0.3, 0.4) is 0 Å². The molecular weight excluding hydrogens is 336 g/mol. The highest BCUT2D eigenvalue weighted by Gasteiger charge is 2.10. The van der Waals surface area contributed by atoms with E-state index in [-0.39, 0.29) is 11.8 Å². The highest BCUT2D eigenvalue weighted by molar-refractivity contribution is 6.30. The summed E-state index contributed by atoms with van der Waals surface area (Å²) in [4.78, 5) is 13.8. The number of carbonyl (C=O) groups is 1. The molecule has 0 saturated carbocycles. The lowest BCUT2D eigenvalue weighted by Crippen LogP contribution is -2.38. The summed E-state index contributed by atoms with van der Waals surface area (Å²) in [7, 11) is 1.72. The van der Waals surface area contributed by atoms with Gasteiger partial charge < -0.3 is 10.4 Å². The summed E-state index contributed by atoms with van der Waals surface area (Å²) >= 11 is 5.87. The fraction of sp³-hybridized carbons (Fsp3) is 0.150. The number of fused-ring (bicyclic) bond motifs is 1. The molecular formula is C20H19ClN2O2. The van der Waals surface area contributed by atoms with E-state index in [1.807, 2.05) is 24.3 Å². The van der Waals surface area contributed by atoms with Crippen LogP contribution in [0.15, 0.2) is 60.7 Å². The van der Waals surface area contributed by atoms with Gasteiger partial charge in [-0.15, -0.1) is 0 Å². The van der Waals surface area contributed by atoms with Crippen LogP contribution >= 0.6 is 11.6 Å². The first-order valence-electron chi connectivity index (χ1n) is 8.02. The predicted molar refractivity (Wildman–Crippen MR) is 103 cm³/mol. The maximum atomic E-state index is 12.3. The Morgan fingerprint density at radius 3 is 2.64 bits per heavy atom. The number of carbonyl (C=O) groups excluding carboxylic acids is 1. The zero-order chi connectivity index (χ0) is 17.8. The van der Waals surface area contributed by atoms with Gasteiger partial charge in [-0.2, -0.15) is 0 Å². The van der Waals surface area contributed by atoms with Gasteiger partial charge in [0.2, 0.25) is 0 Å². The fourth-order valence-electron chi connectivity index (χ4n) is 2.75. The number of aromatic hydroxyl groups is 1. The second-order valence-corrected chi connectivity index (χ2v) is 6.28. The summed E-state index contributed by atoms with van der Waals surface area (Å²) in [6.07, 6.45) is 0.682. The van der Waals surface area contributed by atoms with E-state index in [1.165, 1.54) is 0 Å². The van der Waals surface area contributed by atoms with Crippen LogP contribution in [0, 0.1) is 0 Å². The first-order chi connectivity index (χ1) is 12.0. The van der Waals surface area contributed by atoms with Crippen LogP contribution in [-0.4, -0.2) is 24.7 Å². The number of anilines is 1. The summed E-state index contributed by atoms with van der Waals surface area (Å²) in [6.45, 7) is 0.505. The summed E-state index contributed by atoms with van der Waals surface area (Å²) < 4.78 is 0. The van der Waals surface area contributed by atoms with Gasteiger partial charge in [-0.3, -0.25) is 4.90 Å². The minimum atomic E-state index is -0.176. The first-order valence-corrected chi connectivity index (χ1v) is 8.40. The normalized spacial score (nSPS) is 10.6. The lowest BCUT2D eigenvalue weighted by atomic mass is 10.0. The van der Waals surface area contributed by atoms with Crippen LogP contribution in [0.1, 0.15) is 5.56 Å². The van der Waals surface area contributed by atoms with E-state index in [0.29, 0.717) is 18.0 Å². The van der Waals surface area contributed by atoms with Crippen molar-refractivity contribution in [2.75, 3.05) is 18.5 Å². The molecule has 128 valence electrons. The van der Waals surface area contributed by atoms with Crippen molar-refractivity contribution in [2.45, 2.75) is 6.42 Å². The average Bonchev–Trinajstić information content (AvgIpc) is 2.62. The lowest BCUT2D eigenvalue weighted by molar-refractivity contribution is 0.247. The number of nitrogens with zero attached hydrogens (tertiary/aromatic N) is 1. The maximum Gasteiger partial charge on any atom is 0.321 e. The van der Waals surface area contributed by atoms with Crippen LogP contribution in [0.2, 0.25) is 5.02 Å². The van der Waals surface area contributed by atoms with E-state index in [0.717, 1.165) is 22.0 Å². The van der Waals surface area contributed by atoms with E-state index >= 15 is 0 Å². The minimum Gasteiger partial charge on any atom is -0.508 e. The number of phenols is 1. The van der Waals surface area contributed by atoms with E-state index in [2.05, 4.69) is 5.32 Å². The topological polar surface area (TPSA) is 52.6 Å². The van der Waals surface area contributed by atoms with Gasteiger partial charge in [0.15, 0.2) is 0 Å². The molecule has 0 aliphatic heterocycles. The summed E-state index contributed by atoms with van der Waals surface area (Å²) in [5.41, 5.74) is 1.86. The Morgan fingerprint density at radius 1 is 1.12 bits per heavy atom. The number of benzene rings is 3. The SMILES string of the molecule is CN(C(=O)NCCc1cccc2ccc(O)cc12)c1ccc(Cl)cc1. The smallest absolute Gasteiger partial charge is 0.321 e. The third-order valence-corrected chi connectivity index (χ3v) is 4.40. The van der Waals surface area contributed by atoms with Crippen LogP contribution in [0.25, 0.3) is 10.8 Å². The monoisotopic (exact) mass is 354 g/mol. The van der Waals surface area contributed by atoms with Gasteiger partial charge in [-0.1, -0.05) is 35.9 Å². The molecule has 5 heteroatoms. The van der Waals surface area contributed by atoms with Crippen LogP contribution in [0.4, 0.5) is 10.5 Å². The maximum absolute atomic E-state index is 12.3. The van der Waals surface area contributed by atoms with Gasteiger partial charge in [-0.25, -0.2) is 4.79 Å². The van der Waals surface area contributed by atoms with Gasteiger partial charge >= 0.3 is 6.03 Å². The molecule has 0 spiro atoms. The largest absolute Gasteiger partial charge is 0.508 e. The molecule has 0 aliphatic rings. The zero-order valence-electron chi connectivity index (χ0n) is 13.9. The van der Waals surface area contributed by atoms with Crippen LogP contribution in [-0.2, 0) is 6.42 Å². The van der Waals surface area contributed by atoms with E-state index in [4.69, 9.17) is 11.6 Å². The Balaban J connectivity index is 1.64. The number of urea groups is 1. The molecule has 4 nitrogen and oxygen atoms in total. The van der Waals surface area contributed by atoms with Crippen molar-refractivity contribution in [2.24, 2.45) is 0 Å². The molecule has 0 aliphatic carbocycles. The number of rotatable bonds is 4. The van der Waals surface area contributed by atoms with E-state index in [1.54, 1.807) is 48.3 Å². The molecule has 0 bridgehead atoms. The highest BCUT2D eigenvalue weighted by atomic mass is 35.5. The highest BCUT2D eigenvalue weighted by Crippen LogP contribution is 2.23. The van der Waals surface area contributed by atoms with Gasteiger partial charge in [0, 0.05) is 24.3 Å². The van der Waals surface area contributed by atoms with E-state index < -0.39 is 0 Å². The van der Waals surface area contributed by atoms with Crippen molar-refractivity contribution in [3.05, 3.63) is 71.2 Å². The lowest BCUT2D eigenvalue weighted by Gasteiger charge is -2.18. The molecule has 3 aromatic rings. The Hall–Kier alpha value is -2.72. The van der Waals surface area contributed by atoms with Crippen molar-refractivity contribution < 1.29 is 9.90 Å². The Bertz CT molecular complexity index is 894. The number of halogens is 1. The zero-order valence-corrected chi connectivity index (χ0v) is 14.6. The number of amides is 2. The van der Waals surface area contributed by atoms with Crippen LogP contribution in [0.5, 0.6) is 5.75 Å². The molecule has 25 heavy (non-hydrogen) atoms. The van der Waals surface area contributed by atoms with Gasteiger partial charge in [0.05, 0.1) is 0 Å². The Morgan fingerprint density at radius 2 is 1.88 bits per heavy atom. The van der Waals surface area contributed by atoms with Crippen molar-refractivity contribution in [3.63, 3.8) is 0 Å². The van der Waals surface area contributed by atoms with Gasteiger partial charge in [0.1, 0.15) is 5.75 Å². The molecule has 2 amide bonds. The second kappa shape index (κ2) is 7.45. The molecule has 0 fully saturated rings. The third kappa shape index (κ3) is 4.03. The molecule has 0 heterocycles. The summed E-state index contributed by atoms with van der Waals surface area (Å²) in [5, 5.41) is 15.3. The predicted octanol–water partition coefficient (Wildman–Crippen LogP) is 4.59. The molecule has 0 atom stereocenters. The molecule has 3 aromatic carbocycles. The minimum absolute atomic E-state index is 0.176. The Labute approximate surface area is 151 Å². The molecule has 3 rings (SSSR count). The quantitative estimate of drug-likeness (QED) is 0.720. The molecule has 0 saturated heterocycles.